The molecule has 0 aliphatic rings. The Morgan fingerprint density at radius 2 is 0.680 bits per heavy atom. The predicted octanol–water partition coefficient (Wildman–Crippen LogP) is 9.54. The molecule has 0 heterocycles. The van der Waals surface area contributed by atoms with Crippen LogP contribution >= 0.6 is 0 Å². The van der Waals surface area contributed by atoms with Gasteiger partial charge in [-0.15, -0.1) is 5.73 Å². The highest BCUT2D eigenvalue weighted by Crippen LogP contribution is 2.12. The normalized spacial score (nSPS) is 10.6. The first-order chi connectivity index (χ1) is 12.4. The van der Waals surface area contributed by atoms with E-state index in [1.54, 1.807) is 0 Å². The number of unbranched alkanes of at least 4 members (excludes halogenated alkanes) is 18. The Morgan fingerprint density at radius 1 is 0.400 bits per heavy atom. The zero-order valence-corrected chi connectivity index (χ0v) is 17.8. The van der Waals surface area contributed by atoms with Gasteiger partial charge in [-0.3, -0.25) is 0 Å². The average Bonchev–Trinajstić information content (AvgIpc) is 2.63. The number of hydrogen-bond acceptors (Lipinski definition) is 0. The van der Waals surface area contributed by atoms with Crippen molar-refractivity contribution in [2.45, 2.75) is 142 Å². The number of allylic oxidation sites excluding steroid dienone is 1. The van der Waals surface area contributed by atoms with Gasteiger partial charge in [-0.25, -0.2) is 0 Å². The molecule has 0 nitrogen and oxygen atoms in total. The Kier molecular flexibility index (Phi) is 23.1. The largest absolute Gasteiger partial charge is 0.130 e. The lowest BCUT2D eigenvalue weighted by Crippen LogP contribution is -1.82. The van der Waals surface area contributed by atoms with Crippen molar-refractivity contribution in [2.75, 3.05) is 0 Å². The van der Waals surface area contributed by atoms with E-state index in [2.05, 4.69) is 31.7 Å². The smallest absolute Gasteiger partial charge is 0.0274 e. The van der Waals surface area contributed by atoms with Gasteiger partial charge in [-0.2, -0.15) is 0 Å². The minimum atomic E-state index is 1.22. The fourth-order valence-corrected chi connectivity index (χ4v) is 3.36. The monoisotopic (exact) mass is 348 g/mol. The highest BCUT2D eigenvalue weighted by molar-refractivity contribution is 4.84. The van der Waals surface area contributed by atoms with E-state index < -0.39 is 0 Å². The second kappa shape index (κ2) is 23.5. The van der Waals surface area contributed by atoms with E-state index in [9.17, 15) is 0 Å². The summed E-state index contributed by atoms with van der Waals surface area (Å²) in [6.07, 6.45) is 32.5. The van der Waals surface area contributed by atoms with Gasteiger partial charge in [0.1, 0.15) is 0 Å². The predicted molar refractivity (Wildman–Crippen MR) is 116 cm³/mol. The van der Waals surface area contributed by atoms with Crippen LogP contribution in [0.1, 0.15) is 142 Å². The Balaban J connectivity index is 3.13. The van der Waals surface area contributed by atoms with Crippen molar-refractivity contribution in [2.24, 2.45) is 0 Å². The van der Waals surface area contributed by atoms with E-state index >= 15 is 0 Å². The van der Waals surface area contributed by atoms with Gasteiger partial charge < -0.3 is 0 Å². The summed E-state index contributed by atoms with van der Waals surface area (Å²) in [6.45, 7) is 4.58. The molecule has 0 N–H and O–H groups in total. The first kappa shape index (κ1) is 24.5. The molecule has 0 aromatic carbocycles. The molecular weight excluding hydrogens is 300 g/mol. The zero-order chi connectivity index (χ0) is 18.3. The summed E-state index contributed by atoms with van der Waals surface area (Å²) in [4.78, 5) is 0. The summed E-state index contributed by atoms with van der Waals surface area (Å²) in [5.74, 6) is 0. The van der Waals surface area contributed by atoms with Crippen LogP contribution in [0.5, 0.6) is 0 Å². The molecule has 0 aromatic heterocycles. The minimum absolute atomic E-state index is 1.22. The molecule has 0 aliphatic carbocycles. The van der Waals surface area contributed by atoms with E-state index in [-0.39, 0.29) is 0 Å². The van der Waals surface area contributed by atoms with E-state index in [0.717, 1.165) is 0 Å². The fourth-order valence-electron chi connectivity index (χ4n) is 3.36. The Bertz CT molecular complexity index is 282. The van der Waals surface area contributed by atoms with E-state index in [1.165, 1.54) is 128 Å². The highest BCUT2D eigenvalue weighted by Gasteiger charge is 1.93. The number of hydrogen-bond donors (Lipinski definition) is 0. The molecule has 0 amide bonds. The molecule has 25 heavy (non-hydrogen) atoms. The second-order valence-corrected chi connectivity index (χ2v) is 7.81. The van der Waals surface area contributed by atoms with Gasteiger partial charge in [0.2, 0.25) is 0 Å². The van der Waals surface area contributed by atoms with Crippen LogP contribution in [-0.4, -0.2) is 0 Å². The summed E-state index contributed by atoms with van der Waals surface area (Å²) >= 11 is 0. The summed E-state index contributed by atoms with van der Waals surface area (Å²) in [6, 6.07) is 0. The van der Waals surface area contributed by atoms with E-state index in [4.69, 9.17) is 0 Å². The van der Waals surface area contributed by atoms with Crippen LogP contribution in [0.2, 0.25) is 0 Å². The molecule has 0 fully saturated rings. The molecule has 0 unspecified atom stereocenters. The van der Waals surface area contributed by atoms with Gasteiger partial charge in [-0.1, -0.05) is 117 Å². The van der Waals surface area contributed by atoms with Gasteiger partial charge in [0, 0.05) is 0 Å². The van der Waals surface area contributed by atoms with Crippen LogP contribution in [-0.2, 0) is 0 Å². The van der Waals surface area contributed by atoms with Gasteiger partial charge >= 0.3 is 0 Å². The Morgan fingerprint density at radius 3 is 1.00 bits per heavy atom. The third-order valence-electron chi connectivity index (χ3n) is 5.14. The van der Waals surface area contributed by atoms with Crippen LogP contribution in [0.25, 0.3) is 0 Å². The van der Waals surface area contributed by atoms with E-state index in [1.807, 2.05) is 0 Å². The first-order valence-electron chi connectivity index (χ1n) is 11.8. The van der Waals surface area contributed by atoms with Crippen LogP contribution in [0, 0.1) is 0 Å². The molecule has 0 saturated carbocycles. The standard InChI is InChI=1S/C25H48/c1-3-5-7-9-11-13-15-17-19-21-23-25-24-22-20-18-16-14-12-10-8-6-4-2/h17,21H,3-16,18,20,22-25H2,1-2H3. The lowest BCUT2D eigenvalue weighted by molar-refractivity contribution is 0.545. The second-order valence-electron chi connectivity index (χ2n) is 7.81. The van der Waals surface area contributed by atoms with Crippen molar-refractivity contribution in [3.05, 3.63) is 17.9 Å². The Hall–Kier alpha value is -0.480. The molecule has 0 spiro atoms. The third-order valence-corrected chi connectivity index (χ3v) is 5.14. The maximum Gasteiger partial charge on any atom is -0.0274 e. The quantitative estimate of drug-likeness (QED) is 0.152. The molecule has 0 aromatic rings. The molecule has 0 atom stereocenters. The van der Waals surface area contributed by atoms with Gasteiger partial charge in [0.05, 0.1) is 0 Å². The molecule has 0 bridgehead atoms. The lowest BCUT2D eigenvalue weighted by Gasteiger charge is -2.02. The molecule has 0 radical (unpaired) electrons. The molecule has 0 rings (SSSR count). The van der Waals surface area contributed by atoms with Crippen LogP contribution in [0.4, 0.5) is 0 Å². The average molecular weight is 349 g/mol. The molecule has 0 saturated heterocycles. The van der Waals surface area contributed by atoms with Gasteiger partial charge in [0.15, 0.2) is 0 Å². The maximum atomic E-state index is 3.38. The first-order valence-corrected chi connectivity index (χ1v) is 11.8. The highest BCUT2D eigenvalue weighted by atomic mass is 14.0. The van der Waals surface area contributed by atoms with Crippen molar-refractivity contribution in [1.29, 1.82) is 0 Å². The van der Waals surface area contributed by atoms with Crippen LogP contribution in [0.3, 0.4) is 0 Å². The molecular formula is C25H48. The topological polar surface area (TPSA) is 0 Å². The molecule has 148 valence electrons. The number of rotatable bonds is 20. The SMILES string of the molecule is CCCCCCCCC=C=CCCCCCCCCCCCCCC. The third kappa shape index (κ3) is 23.5. The van der Waals surface area contributed by atoms with E-state index in [0.29, 0.717) is 0 Å². The maximum absolute atomic E-state index is 3.38. The Labute approximate surface area is 160 Å². The molecule has 0 aliphatic heterocycles. The summed E-state index contributed by atoms with van der Waals surface area (Å²) in [5, 5.41) is 0. The van der Waals surface area contributed by atoms with Crippen molar-refractivity contribution in [3.8, 4) is 0 Å². The summed E-state index contributed by atoms with van der Waals surface area (Å²) < 4.78 is 0. The van der Waals surface area contributed by atoms with Crippen LogP contribution in [0.15, 0.2) is 17.9 Å². The van der Waals surface area contributed by atoms with Crippen molar-refractivity contribution in [3.63, 3.8) is 0 Å². The fraction of sp³-hybridized carbons (Fsp3) is 0.880. The summed E-state index contributed by atoms with van der Waals surface area (Å²) in [5.41, 5.74) is 3.38. The van der Waals surface area contributed by atoms with Crippen molar-refractivity contribution >= 4 is 0 Å². The van der Waals surface area contributed by atoms with Gasteiger partial charge in [0.25, 0.3) is 0 Å². The summed E-state index contributed by atoms with van der Waals surface area (Å²) in [7, 11) is 0. The minimum Gasteiger partial charge on any atom is -0.130 e. The van der Waals surface area contributed by atoms with Crippen LogP contribution < -0.4 is 0 Å². The van der Waals surface area contributed by atoms with Crippen molar-refractivity contribution < 1.29 is 0 Å². The zero-order valence-electron chi connectivity index (χ0n) is 17.8. The molecule has 0 heteroatoms. The lowest BCUT2D eigenvalue weighted by atomic mass is 10.0. The van der Waals surface area contributed by atoms with Gasteiger partial charge in [-0.05, 0) is 37.8 Å². The van der Waals surface area contributed by atoms with Crippen molar-refractivity contribution in [1.82, 2.24) is 0 Å².